The number of alkyl halides is 2. The number of benzene rings is 1. The normalized spacial score (nSPS) is 15.2. The van der Waals surface area contributed by atoms with Crippen LogP contribution in [0.4, 0.5) is 8.78 Å². The minimum atomic E-state index is -2.65. The van der Waals surface area contributed by atoms with Crippen LogP contribution in [0.25, 0.3) is 27.1 Å². The highest BCUT2D eigenvalue weighted by Crippen LogP contribution is 2.41. The summed E-state index contributed by atoms with van der Waals surface area (Å²) in [6.07, 6.45) is 5.23. The van der Waals surface area contributed by atoms with Gasteiger partial charge in [-0.05, 0) is 57.2 Å². The second-order valence-corrected chi connectivity index (χ2v) is 11.4. The topological polar surface area (TPSA) is 34.0 Å². The van der Waals surface area contributed by atoms with Crippen LogP contribution in [0, 0.1) is 0 Å². The Morgan fingerprint density at radius 1 is 1.21 bits per heavy atom. The average molecular weight is 537 g/mol. The standard InChI is InChI=1S/C31H38F2N4S/c1-7-10-13-21(12-8-2)31-35-28(26-19-36(6)16-17-37(26)31)22-14-11-15-25-23(22)18-24(30(32)33)29(34-25)27(9-3)38-20(4)5/h7,9,11,14-15,18,21,30H,1,4,8,10,12-13,16-17,19H2,2-3,5-6H3/b27-9-. The molecule has 1 aliphatic rings. The number of likely N-dealkylation sites (N-methyl/N-ethyl adjacent to an activating group) is 1. The molecule has 0 bridgehead atoms. The second-order valence-electron chi connectivity index (χ2n) is 10.1. The first-order valence-electron chi connectivity index (χ1n) is 13.4. The van der Waals surface area contributed by atoms with Gasteiger partial charge in [-0.2, -0.15) is 0 Å². The highest BCUT2D eigenvalue weighted by Gasteiger charge is 2.28. The Labute approximate surface area is 229 Å². The molecule has 2 aromatic heterocycles. The molecule has 0 radical (unpaired) electrons. The Kier molecular flexibility index (Phi) is 9.21. The van der Waals surface area contributed by atoms with Crippen LogP contribution in [0.5, 0.6) is 0 Å². The first kappa shape index (κ1) is 28.2. The zero-order chi connectivity index (χ0) is 27.4. The van der Waals surface area contributed by atoms with Crippen LogP contribution in [-0.4, -0.2) is 33.0 Å². The lowest BCUT2D eigenvalue weighted by atomic mass is 9.97. The summed E-state index contributed by atoms with van der Waals surface area (Å²) >= 11 is 1.37. The number of imidazole rings is 1. The fraction of sp³-hybridized carbons (Fsp3) is 0.419. The molecular weight excluding hydrogens is 498 g/mol. The third kappa shape index (κ3) is 5.79. The van der Waals surface area contributed by atoms with Crippen molar-refractivity contribution in [2.24, 2.45) is 0 Å². The first-order valence-corrected chi connectivity index (χ1v) is 14.2. The fourth-order valence-corrected chi connectivity index (χ4v) is 6.08. The molecule has 1 aromatic carbocycles. The third-order valence-electron chi connectivity index (χ3n) is 7.11. The van der Waals surface area contributed by atoms with Crippen molar-refractivity contribution < 1.29 is 8.78 Å². The number of pyridine rings is 1. The van der Waals surface area contributed by atoms with E-state index in [1.54, 1.807) is 6.07 Å². The van der Waals surface area contributed by atoms with E-state index in [1.807, 2.05) is 44.2 Å². The number of thioether (sulfide) groups is 1. The summed E-state index contributed by atoms with van der Waals surface area (Å²) in [5, 5.41) is 0.709. The van der Waals surface area contributed by atoms with E-state index in [1.165, 1.54) is 11.8 Å². The largest absolute Gasteiger partial charge is 0.329 e. The first-order chi connectivity index (χ1) is 18.3. The number of halogens is 2. The molecule has 0 amide bonds. The summed E-state index contributed by atoms with van der Waals surface area (Å²) in [4.78, 5) is 13.9. The number of hydrogen-bond donors (Lipinski definition) is 0. The molecule has 0 spiro atoms. The number of rotatable bonds is 11. The van der Waals surface area contributed by atoms with Gasteiger partial charge in [-0.25, -0.2) is 18.7 Å². The molecule has 1 unspecified atom stereocenters. The summed E-state index contributed by atoms with van der Waals surface area (Å²) in [5.74, 6) is 1.44. The van der Waals surface area contributed by atoms with Crippen LogP contribution in [0.15, 0.2) is 54.5 Å². The molecule has 4 nitrogen and oxygen atoms in total. The number of allylic oxidation sites excluding steroid dienone is 3. The van der Waals surface area contributed by atoms with Crippen molar-refractivity contribution in [3.05, 3.63) is 77.3 Å². The lowest BCUT2D eigenvalue weighted by molar-refractivity contribution is 0.151. The molecule has 38 heavy (non-hydrogen) atoms. The van der Waals surface area contributed by atoms with E-state index in [2.05, 4.69) is 36.6 Å². The molecular formula is C31H38F2N4S. The van der Waals surface area contributed by atoms with Gasteiger partial charge in [0.05, 0.1) is 22.6 Å². The van der Waals surface area contributed by atoms with Gasteiger partial charge < -0.3 is 4.57 Å². The van der Waals surface area contributed by atoms with Gasteiger partial charge in [0.2, 0.25) is 0 Å². The summed E-state index contributed by atoms with van der Waals surface area (Å²) < 4.78 is 31.2. The molecule has 3 aromatic rings. The average Bonchev–Trinajstić information content (AvgIpc) is 3.26. The fourth-order valence-electron chi connectivity index (χ4n) is 5.33. The predicted octanol–water partition coefficient (Wildman–Crippen LogP) is 8.96. The molecule has 0 saturated carbocycles. The van der Waals surface area contributed by atoms with Gasteiger partial charge in [0, 0.05) is 47.0 Å². The second kappa shape index (κ2) is 12.4. The van der Waals surface area contributed by atoms with E-state index in [-0.39, 0.29) is 5.56 Å². The summed E-state index contributed by atoms with van der Waals surface area (Å²) in [5.41, 5.74) is 3.84. The molecule has 0 aliphatic carbocycles. The van der Waals surface area contributed by atoms with Crippen molar-refractivity contribution in [1.82, 2.24) is 19.4 Å². The smallest absolute Gasteiger partial charge is 0.265 e. The molecule has 3 heterocycles. The van der Waals surface area contributed by atoms with E-state index in [9.17, 15) is 8.78 Å². The minimum Gasteiger partial charge on any atom is -0.329 e. The molecule has 1 atom stereocenters. The molecule has 0 saturated heterocycles. The van der Waals surface area contributed by atoms with Crippen LogP contribution < -0.4 is 0 Å². The lowest BCUT2D eigenvalue weighted by Crippen LogP contribution is -2.31. The van der Waals surface area contributed by atoms with E-state index in [0.717, 1.165) is 73.0 Å². The van der Waals surface area contributed by atoms with Crippen molar-refractivity contribution >= 4 is 27.6 Å². The Bertz CT molecular complexity index is 1360. The highest BCUT2D eigenvalue weighted by atomic mass is 32.2. The van der Waals surface area contributed by atoms with E-state index in [0.29, 0.717) is 27.4 Å². The Morgan fingerprint density at radius 3 is 2.66 bits per heavy atom. The number of nitrogens with zero attached hydrogens (tertiary/aromatic N) is 4. The summed E-state index contributed by atoms with van der Waals surface area (Å²) in [6, 6.07) is 7.48. The van der Waals surface area contributed by atoms with Crippen LogP contribution in [0.2, 0.25) is 0 Å². The van der Waals surface area contributed by atoms with Crippen molar-refractivity contribution in [3.8, 4) is 11.3 Å². The van der Waals surface area contributed by atoms with Gasteiger partial charge in [-0.15, -0.1) is 6.58 Å². The number of fused-ring (bicyclic) bond motifs is 2. The van der Waals surface area contributed by atoms with Crippen molar-refractivity contribution in [2.45, 2.75) is 71.9 Å². The number of aromatic nitrogens is 3. The maximum Gasteiger partial charge on any atom is 0.265 e. The van der Waals surface area contributed by atoms with Gasteiger partial charge in [0.15, 0.2) is 0 Å². The Balaban J connectivity index is 1.93. The molecule has 7 heteroatoms. The van der Waals surface area contributed by atoms with Gasteiger partial charge in [0.25, 0.3) is 6.43 Å². The van der Waals surface area contributed by atoms with Crippen LogP contribution in [0.3, 0.4) is 0 Å². The predicted molar refractivity (Wildman–Crippen MR) is 157 cm³/mol. The molecule has 4 rings (SSSR count). The molecule has 1 aliphatic heterocycles. The number of hydrogen-bond acceptors (Lipinski definition) is 4. The maximum atomic E-state index is 14.4. The van der Waals surface area contributed by atoms with Crippen LogP contribution in [0.1, 0.15) is 81.6 Å². The van der Waals surface area contributed by atoms with Gasteiger partial charge >= 0.3 is 0 Å². The Morgan fingerprint density at radius 2 is 2.00 bits per heavy atom. The molecule has 202 valence electrons. The van der Waals surface area contributed by atoms with Crippen LogP contribution >= 0.6 is 11.8 Å². The van der Waals surface area contributed by atoms with E-state index in [4.69, 9.17) is 9.97 Å². The van der Waals surface area contributed by atoms with Crippen LogP contribution in [-0.2, 0) is 13.1 Å². The zero-order valence-electron chi connectivity index (χ0n) is 22.9. The highest BCUT2D eigenvalue weighted by molar-refractivity contribution is 8.11. The maximum absolute atomic E-state index is 14.4. The van der Waals surface area contributed by atoms with Crippen molar-refractivity contribution in [3.63, 3.8) is 0 Å². The van der Waals surface area contributed by atoms with Gasteiger partial charge in [-0.3, -0.25) is 4.90 Å². The third-order valence-corrected chi connectivity index (χ3v) is 8.10. The summed E-state index contributed by atoms with van der Waals surface area (Å²) in [6.45, 7) is 16.4. The zero-order valence-corrected chi connectivity index (χ0v) is 23.8. The quantitative estimate of drug-likeness (QED) is 0.229. The molecule has 0 N–H and O–H groups in total. The summed E-state index contributed by atoms with van der Waals surface area (Å²) in [7, 11) is 2.12. The van der Waals surface area contributed by atoms with E-state index >= 15 is 0 Å². The lowest BCUT2D eigenvalue weighted by Gasteiger charge is -2.27. The van der Waals surface area contributed by atoms with Crippen molar-refractivity contribution in [1.29, 1.82) is 0 Å². The van der Waals surface area contributed by atoms with Gasteiger partial charge in [0.1, 0.15) is 5.82 Å². The SMILES string of the molecule is C=CCCC(CCC)c1nc(-c2cccc3nc(/C(=C/C)SC(=C)C)c(C(F)F)cc23)c2n1CCN(C)C2. The monoisotopic (exact) mass is 536 g/mol. The Hall–Kier alpha value is -2.77. The molecule has 0 fully saturated rings. The minimum absolute atomic E-state index is 0.0629. The van der Waals surface area contributed by atoms with Crippen molar-refractivity contribution in [2.75, 3.05) is 13.6 Å². The van der Waals surface area contributed by atoms with E-state index < -0.39 is 6.43 Å². The van der Waals surface area contributed by atoms with Gasteiger partial charge in [-0.1, -0.05) is 56.0 Å².